The first-order chi connectivity index (χ1) is 18.0. The van der Waals surface area contributed by atoms with Crippen molar-refractivity contribution in [2.45, 2.75) is 49.9 Å². The minimum atomic E-state index is -1.77. The molecule has 0 saturated heterocycles. The van der Waals surface area contributed by atoms with Gasteiger partial charge in [0.2, 0.25) is 23.6 Å². The summed E-state index contributed by atoms with van der Waals surface area (Å²) in [6.07, 6.45) is 1.27. The predicted octanol–water partition coefficient (Wildman–Crippen LogP) is -2.59. The summed E-state index contributed by atoms with van der Waals surface area (Å²) in [5, 5.41) is 25.0. The van der Waals surface area contributed by atoms with E-state index in [-0.39, 0.29) is 12.8 Å². The Kier molecular flexibility index (Phi) is 10.9. The van der Waals surface area contributed by atoms with Gasteiger partial charge in [-0.3, -0.25) is 24.0 Å². The molecule has 4 amide bonds. The van der Waals surface area contributed by atoms with Gasteiger partial charge in [0.1, 0.15) is 18.1 Å². The zero-order valence-corrected chi connectivity index (χ0v) is 20.1. The molecular formula is C23H29N7O8. The van der Waals surface area contributed by atoms with E-state index in [1.807, 2.05) is 0 Å². The molecule has 1 aromatic carbocycles. The smallest absolute Gasteiger partial charge is 0.326 e. The van der Waals surface area contributed by atoms with E-state index >= 15 is 0 Å². The number of benzene rings is 1. The number of aliphatic carboxylic acids is 2. The maximum atomic E-state index is 13.1. The number of H-pyrrole nitrogens is 1. The number of primary amides is 1. The van der Waals surface area contributed by atoms with Gasteiger partial charge < -0.3 is 42.6 Å². The standard InChI is InChI=1S/C23H29N7O8/c24-14(7-13-10-26-11-27-13)20(34)28-16(8-18(25)31)22(36)29-15(6-12-4-2-1-3-5-12)21(35)30-17(23(37)38)9-19(32)33/h1-5,10-11,14-17H,6-9,24H2,(H2,25,31)(H,26,27)(H,28,34)(H,29,36)(H,30,35)(H,32,33)(H,37,38). The fourth-order valence-electron chi connectivity index (χ4n) is 3.39. The van der Waals surface area contributed by atoms with Gasteiger partial charge in [0, 0.05) is 24.7 Å². The summed E-state index contributed by atoms with van der Waals surface area (Å²) in [4.78, 5) is 79.2. The molecule has 2 aromatic rings. The van der Waals surface area contributed by atoms with Crippen LogP contribution in [0.25, 0.3) is 0 Å². The van der Waals surface area contributed by atoms with Crippen molar-refractivity contribution in [2.75, 3.05) is 0 Å². The molecule has 0 fully saturated rings. The van der Waals surface area contributed by atoms with Crippen LogP contribution in [-0.2, 0) is 41.6 Å². The lowest BCUT2D eigenvalue weighted by molar-refractivity contribution is -0.147. The van der Waals surface area contributed by atoms with Gasteiger partial charge in [-0.05, 0) is 5.56 Å². The van der Waals surface area contributed by atoms with Crippen molar-refractivity contribution < 1.29 is 39.0 Å². The van der Waals surface area contributed by atoms with Crippen molar-refractivity contribution in [3.8, 4) is 0 Å². The summed E-state index contributed by atoms with van der Waals surface area (Å²) >= 11 is 0. The zero-order valence-electron chi connectivity index (χ0n) is 20.1. The summed E-state index contributed by atoms with van der Waals surface area (Å²) in [5.74, 6) is -6.71. The molecule has 1 aromatic heterocycles. The number of amides is 4. The molecule has 0 aliphatic rings. The Labute approximate surface area is 216 Å². The number of carboxylic acids is 2. The number of hydrogen-bond donors (Lipinski definition) is 8. The first-order valence-corrected chi connectivity index (χ1v) is 11.4. The molecule has 0 radical (unpaired) electrons. The molecule has 0 aliphatic heterocycles. The van der Waals surface area contributed by atoms with E-state index in [9.17, 15) is 33.9 Å². The van der Waals surface area contributed by atoms with E-state index in [0.717, 1.165) is 0 Å². The largest absolute Gasteiger partial charge is 0.481 e. The van der Waals surface area contributed by atoms with Crippen molar-refractivity contribution in [3.05, 3.63) is 54.1 Å². The van der Waals surface area contributed by atoms with Crippen LogP contribution in [0.15, 0.2) is 42.9 Å². The van der Waals surface area contributed by atoms with Gasteiger partial charge in [-0.1, -0.05) is 30.3 Å². The number of rotatable bonds is 15. The van der Waals surface area contributed by atoms with E-state index < -0.39 is 72.6 Å². The van der Waals surface area contributed by atoms with E-state index in [4.69, 9.17) is 16.6 Å². The zero-order chi connectivity index (χ0) is 28.2. The number of aromatic amines is 1. The third kappa shape index (κ3) is 9.69. The monoisotopic (exact) mass is 531 g/mol. The number of nitrogens with two attached hydrogens (primary N) is 2. The van der Waals surface area contributed by atoms with Gasteiger partial charge in [0.05, 0.1) is 25.2 Å². The molecule has 38 heavy (non-hydrogen) atoms. The first kappa shape index (κ1) is 29.4. The van der Waals surface area contributed by atoms with Crippen molar-refractivity contribution in [1.29, 1.82) is 0 Å². The highest BCUT2D eigenvalue weighted by molar-refractivity contribution is 5.96. The van der Waals surface area contributed by atoms with Crippen LogP contribution in [0, 0.1) is 0 Å². The van der Waals surface area contributed by atoms with E-state index in [1.165, 1.54) is 12.5 Å². The second-order valence-electron chi connectivity index (χ2n) is 8.37. The minimum Gasteiger partial charge on any atom is -0.481 e. The van der Waals surface area contributed by atoms with Crippen LogP contribution < -0.4 is 27.4 Å². The number of aromatic nitrogens is 2. The van der Waals surface area contributed by atoms with Crippen LogP contribution in [0.5, 0.6) is 0 Å². The van der Waals surface area contributed by atoms with Crippen LogP contribution in [0.4, 0.5) is 0 Å². The highest BCUT2D eigenvalue weighted by Gasteiger charge is 2.32. The number of nitrogens with one attached hydrogen (secondary N) is 4. The molecule has 10 N–H and O–H groups in total. The quantitative estimate of drug-likeness (QED) is 0.119. The lowest BCUT2D eigenvalue weighted by atomic mass is 10.0. The number of carbonyl (C=O) groups excluding carboxylic acids is 4. The molecule has 4 atom stereocenters. The summed E-state index contributed by atoms with van der Waals surface area (Å²) in [5.41, 5.74) is 12.3. The Morgan fingerprint density at radius 3 is 2.00 bits per heavy atom. The van der Waals surface area contributed by atoms with Gasteiger partial charge in [-0.25, -0.2) is 9.78 Å². The fraction of sp³-hybridized carbons (Fsp3) is 0.348. The van der Waals surface area contributed by atoms with Crippen LogP contribution in [0.3, 0.4) is 0 Å². The normalized spacial score (nSPS) is 13.8. The second kappa shape index (κ2) is 14.1. The number of imidazole rings is 1. The molecule has 204 valence electrons. The number of carboxylic acid groups (broad SMARTS) is 2. The molecule has 0 bridgehead atoms. The molecule has 15 nitrogen and oxygen atoms in total. The molecule has 0 spiro atoms. The van der Waals surface area contributed by atoms with Crippen molar-refractivity contribution in [2.24, 2.45) is 11.5 Å². The van der Waals surface area contributed by atoms with Crippen LogP contribution in [0.2, 0.25) is 0 Å². The van der Waals surface area contributed by atoms with Crippen molar-refractivity contribution in [3.63, 3.8) is 0 Å². The minimum absolute atomic E-state index is 0.0515. The summed E-state index contributed by atoms with van der Waals surface area (Å²) in [7, 11) is 0. The van der Waals surface area contributed by atoms with Crippen LogP contribution in [0.1, 0.15) is 24.1 Å². The maximum absolute atomic E-state index is 13.1. The van der Waals surface area contributed by atoms with Crippen LogP contribution >= 0.6 is 0 Å². The molecule has 0 saturated carbocycles. The molecule has 4 unspecified atom stereocenters. The molecule has 0 aliphatic carbocycles. The second-order valence-corrected chi connectivity index (χ2v) is 8.37. The van der Waals surface area contributed by atoms with Gasteiger partial charge in [0.15, 0.2) is 0 Å². The average molecular weight is 532 g/mol. The third-order valence-corrected chi connectivity index (χ3v) is 5.28. The number of carbonyl (C=O) groups is 6. The highest BCUT2D eigenvalue weighted by Crippen LogP contribution is 2.06. The lowest BCUT2D eigenvalue weighted by Crippen LogP contribution is -2.58. The Hall–Kier alpha value is -4.79. The van der Waals surface area contributed by atoms with Crippen LogP contribution in [-0.4, -0.2) is 79.9 Å². The average Bonchev–Trinajstić information content (AvgIpc) is 3.35. The Morgan fingerprint density at radius 2 is 1.45 bits per heavy atom. The van der Waals surface area contributed by atoms with Gasteiger partial charge >= 0.3 is 11.9 Å². The molecule has 2 rings (SSSR count). The summed E-state index contributed by atoms with van der Waals surface area (Å²) < 4.78 is 0. The van der Waals surface area contributed by atoms with Gasteiger partial charge in [0.25, 0.3) is 0 Å². The van der Waals surface area contributed by atoms with Gasteiger partial charge in [-0.2, -0.15) is 0 Å². The summed E-state index contributed by atoms with van der Waals surface area (Å²) in [6, 6.07) is 2.58. The molecule has 15 heteroatoms. The Bertz CT molecular complexity index is 1140. The van der Waals surface area contributed by atoms with Gasteiger partial charge in [-0.15, -0.1) is 0 Å². The highest BCUT2D eigenvalue weighted by atomic mass is 16.4. The topological polar surface area (TPSA) is 260 Å². The molecular weight excluding hydrogens is 502 g/mol. The van der Waals surface area contributed by atoms with E-state index in [2.05, 4.69) is 25.9 Å². The fourth-order valence-corrected chi connectivity index (χ4v) is 3.39. The van der Waals surface area contributed by atoms with E-state index in [0.29, 0.717) is 11.3 Å². The van der Waals surface area contributed by atoms with Crippen molar-refractivity contribution in [1.82, 2.24) is 25.9 Å². The lowest BCUT2D eigenvalue weighted by Gasteiger charge is -2.24. The maximum Gasteiger partial charge on any atom is 0.326 e. The Morgan fingerprint density at radius 1 is 0.842 bits per heavy atom. The predicted molar refractivity (Wildman–Crippen MR) is 130 cm³/mol. The Balaban J connectivity index is 2.20. The summed E-state index contributed by atoms with van der Waals surface area (Å²) in [6.45, 7) is 0. The van der Waals surface area contributed by atoms with E-state index in [1.54, 1.807) is 30.3 Å². The first-order valence-electron chi connectivity index (χ1n) is 11.4. The number of nitrogens with zero attached hydrogens (tertiary/aromatic N) is 1. The third-order valence-electron chi connectivity index (χ3n) is 5.28. The SMILES string of the molecule is NC(=O)CC(NC(=O)C(N)Cc1cnc[nH]1)C(=O)NC(Cc1ccccc1)C(=O)NC(CC(=O)O)C(=O)O. The number of hydrogen-bond acceptors (Lipinski definition) is 8. The molecule has 1 heterocycles. The van der Waals surface area contributed by atoms with Crippen molar-refractivity contribution >= 4 is 35.6 Å².